The lowest BCUT2D eigenvalue weighted by molar-refractivity contribution is -0.160. The Bertz CT molecular complexity index is 171. The van der Waals surface area contributed by atoms with E-state index in [2.05, 4.69) is 19.3 Å². The molecule has 0 unspecified atom stereocenters. The zero-order valence-corrected chi connectivity index (χ0v) is 10.0. The van der Waals surface area contributed by atoms with Crippen LogP contribution in [0.2, 0.25) is 0 Å². The molecule has 14 heavy (non-hydrogen) atoms. The van der Waals surface area contributed by atoms with Crippen LogP contribution in [0.3, 0.4) is 0 Å². The van der Waals surface area contributed by atoms with Gasteiger partial charge in [0.1, 0.15) is 0 Å². The van der Waals surface area contributed by atoms with Crippen LogP contribution in [0.1, 0.15) is 47.5 Å². The summed E-state index contributed by atoms with van der Waals surface area (Å²) in [7, 11) is 0. The second-order valence-corrected chi connectivity index (χ2v) is 5.07. The molecule has 0 aromatic rings. The van der Waals surface area contributed by atoms with E-state index in [0.29, 0.717) is 5.92 Å². The summed E-state index contributed by atoms with van der Waals surface area (Å²) in [6.45, 7) is 10.6. The Labute approximate surface area is 87.2 Å². The third-order valence-corrected chi connectivity index (χ3v) is 1.84. The zero-order chi connectivity index (χ0) is 11.2. The first-order chi connectivity index (χ1) is 6.34. The van der Waals surface area contributed by atoms with Crippen LogP contribution in [-0.2, 0) is 9.63 Å². The first-order valence-electron chi connectivity index (χ1n) is 5.28. The van der Waals surface area contributed by atoms with Crippen molar-refractivity contribution in [3.63, 3.8) is 0 Å². The topological polar surface area (TPSA) is 38.3 Å². The smallest absolute Gasteiger partial charge is 0.329 e. The molecular formula is C11H23NO2. The van der Waals surface area contributed by atoms with Gasteiger partial charge in [-0.05, 0) is 39.5 Å². The molecule has 3 heteroatoms. The quantitative estimate of drug-likeness (QED) is 0.548. The minimum absolute atomic E-state index is 0.206. The lowest BCUT2D eigenvalue weighted by atomic mass is 9.98. The molecule has 0 heterocycles. The summed E-state index contributed by atoms with van der Waals surface area (Å²) in [6.07, 6.45) is 2.19. The van der Waals surface area contributed by atoms with Crippen LogP contribution in [0.5, 0.6) is 0 Å². The fourth-order valence-electron chi connectivity index (χ4n) is 0.852. The van der Waals surface area contributed by atoms with E-state index < -0.39 is 5.41 Å². The molecular weight excluding hydrogens is 178 g/mol. The fraction of sp³-hybridized carbons (Fsp3) is 0.909. The molecule has 84 valence electrons. The summed E-state index contributed by atoms with van der Waals surface area (Å²) in [6, 6.07) is 0. The van der Waals surface area contributed by atoms with Crippen molar-refractivity contribution in [1.29, 1.82) is 0 Å². The molecule has 0 saturated carbocycles. The molecule has 0 spiro atoms. The fourth-order valence-corrected chi connectivity index (χ4v) is 0.852. The molecule has 0 aliphatic carbocycles. The van der Waals surface area contributed by atoms with Crippen LogP contribution < -0.4 is 5.48 Å². The minimum atomic E-state index is -0.426. The molecule has 0 amide bonds. The van der Waals surface area contributed by atoms with Crippen molar-refractivity contribution in [2.24, 2.45) is 11.3 Å². The Balaban J connectivity index is 3.42. The third-order valence-electron chi connectivity index (χ3n) is 1.84. The van der Waals surface area contributed by atoms with Gasteiger partial charge >= 0.3 is 5.97 Å². The summed E-state index contributed by atoms with van der Waals surface area (Å²) in [5.74, 6) is 0.497. The van der Waals surface area contributed by atoms with Gasteiger partial charge in [-0.2, -0.15) is 5.48 Å². The maximum Gasteiger partial charge on any atom is 0.329 e. The summed E-state index contributed by atoms with van der Waals surface area (Å²) in [5.41, 5.74) is 2.27. The maximum atomic E-state index is 11.3. The average molecular weight is 201 g/mol. The van der Waals surface area contributed by atoms with E-state index in [4.69, 9.17) is 4.84 Å². The molecule has 0 radical (unpaired) electrons. The molecule has 0 rings (SSSR count). The summed E-state index contributed by atoms with van der Waals surface area (Å²) < 4.78 is 0. The van der Waals surface area contributed by atoms with Crippen molar-refractivity contribution in [2.75, 3.05) is 6.54 Å². The Morgan fingerprint density at radius 1 is 1.36 bits per heavy atom. The molecule has 0 aromatic heterocycles. The molecule has 0 atom stereocenters. The first kappa shape index (κ1) is 13.4. The molecule has 0 fully saturated rings. The second kappa shape index (κ2) is 6.02. The van der Waals surface area contributed by atoms with Crippen molar-refractivity contribution in [2.45, 2.75) is 47.5 Å². The zero-order valence-electron chi connectivity index (χ0n) is 10.0. The standard InChI is InChI=1S/C11H23NO2/c1-9(2)7-6-8-12-14-10(13)11(3,4)5/h9,12H,6-8H2,1-5H3. The van der Waals surface area contributed by atoms with Gasteiger partial charge in [-0.3, -0.25) is 0 Å². The summed E-state index contributed by atoms with van der Waals surface area (Å²) in [4.78, 5) is 16.2. The highest BCUT2D eigenvalue weighted by atomic mass is 16.7. The Morgan fingerprint density at radius 3 is 2.36 bits per heavy atom. The van der Waals surface area contributed by atoms with E-state index in [0.717, 1.165) is 19.4 Å². The number of carbonyl (C=O) groups is 1. The van der Waals surface area contributed by atoms with Crippen LogP contribution in [0.25, 0.3) is 0 Å². The highest BCUT2D eigenvalue weighted by molar-refractivity contribution is 5.75. The van der Waals surface area contributed by atoms with Gasteiger partial charge < -0.3 is 4.84 Å². The lowest BCUT2D eigenvalue weighted by Gasteiger charge is -2.16. The summed E-state index contributed by atoms with van der Waals surface area (Å²) in [5, 5.41) is 0. The number of nitrogens with one attached hydrogen (secondary N) is 1. The van der Waals surface area contributed by atoms with Crippen LogP contribution >= 0.6 is 0 Å². The van der Waals surface area contributed by atoms with Crippen LogP contribution in [0.15, 0.2) is 0 Å². The predicted octanol–water partition coefficient (Wildman–Crippen LogP) is 2.52. The largest absolute Gasteiger partial charge is 0.370 e. The number of rotatable bonds is 5. The van der Waals surface area contributed by atoms with Crippen LogP contribution in [0, 0.1) is 11.3 Å². The SMILES string of the molecule is CC(C)CCCNOC(=O)C(C)(C)C. The van der Waals surface area contributed by atoms with Gasteiger partial charge in [0.25, 0.3) is 0 Å². The highest BCUT2D eigenvalue weighted by Crippen LogP contribution is 2.14. The van der Waals surface area contributed by atoms with E-state index in [1.807, 2.05) is 20.8 Å². The normalized spacial score (nSPS) is 11.9. The molecule has 0 aliphatic heterocycles. The maximum absolute atomic E-state index is 11.3. The van der Waals surface area contributed by atoms with Crippen molar-refractivity contribution < 1.29 is 9.63 Å². The van der Waals surface area contributed by atoms with Gasteiger partial charge in [0.2, 0.25) is 0 Å². The molecule has 3 nitrogen and oxygen atoms in total. The monoisotopic (exact) mass is 201 g/mol. The molecule has 0 aromatic carbocycles. The molecule has 1 N–H and O–H groups in total. The van der Waals surface area contributed by atoms with Gasteiger partial charge in [0, 0.05) is 6.54 Å². The van der Waals surface area contributed by atoms with Crippen molar-refractivity contribution in [3.05, 3.63) is 0 Å². The van der Waals surface area contributed by atoms with Crippen LogP contribution in [-0.4, -0.2) is 12.5 Å². The number of hydrogen-bond donors (Lipinski definition) is 1. The van der Waals surface area contributed by atoms with E-state index in [1.165, 1.54) is 0 Å². The second-order valence-electron chi connectivity index (χ2n) is 5.07. The van der Waals surface area contributed by atoms with Crippen molar-refractivity contribution in [1.82, 2.24) is 5.48 Å². The Morgan fingerprint density at radius 2 is 1.93 bits per heavy atom. The molecule has 0 bridgehead atoms. The molecule has 0 saturated heterocycles. The van der Waals surface area contributed by atoms with Crippen LogP contribution in [0.4, 0.5) is 0 Å². The van der Waals surface area contributed by atoms with E-state index in [1.54, 1.807) is 0 Å². The molecule has 0 aliphatic rings. The van der Waals surface area contributed by atoms with Gasteiger partial charge in [0.15, 0.2) is 0 Å². The number of hydroxylamine groups is 1. The van der Waals surface area contributed by atoms with E-state index in [9.17, 15) is 4.79 Å². The lowest BCUT2D eigenvalue weighted by Crippen LogP contribution is -2.30. The van der Waals surface area contributed by atoms with Gasteiger partial charge in [0.05, 0.1) is 5.41 Å². The van der Waals surface area contributed by atoms with Crippen molar-refractivity contribution >= 4 is 5.97 Å². The number of carbonyl (C=O) groups excluding carboxylic acids is 1. The van der Waals surface area contributed by atoms with Gasteiger partial charge in [-0.25, -0.2) is 4.79 Å². The average Bonchev–Trinajstić information content (AvgIpc) is 2.01. The summed E-state index contributed by atoms with van der Waals surface area (Å²) >= 11 is 0. The van der Waals surface area contributed by atoms with Gasteiger partial charge in [-0.1, -0.05) is 13.8 Å². The third kappa shape index (κ3) is 6.89. The number of hydrogen-bond acceptors (Lipinski definition) is 3. The van der Waals surface area contributed by atoms with Gasteiger partial charge in [-0.15, -0.1) is 0 Å². The van der Waals surface area contributed by atoms with E-state index in [-0.39, 0.29) is 5.97 Å². The Kier molecular flexibility index (Phi) is 5.77. The first-order valence-corrected chi connectivity index (χ1v) is 5.28. The Hall–Kier alpha value is -0.570. The predicted molar refractivity (Wildman–Crippen MR) is 57.6 cm³/mol. The highest BCUT2D eigenvalue weighted by Gasteiger charge is 2.23. The van der Waals surface area contributed by atoms with Crippen molar-refractivity contribution in [3.8, 4) is 0 Å². The minimum Gasteiger partial charge on any atom is -0.370 e. The van der Waals surface area contributed by atoms with E-state index >= 15 is 0 Å².